The summed E-state index contributed by atoms with van der Waals surface area (Å²) in [5.41, 5.74) is 5.49. The van der Waals surface area contributed by atoms with E-state index in [1.807, 2.05) is 54.6 Å². The number of fused-ring (bicyclic) bond motifs is 2. The number of rotatable bonds is 5. The Kier molecular flexibility index (Phi) is 5.68. The van der Waals surface area contributed by atoms with Crippen molar-refractivity contribution in [3.05, 3.63) is 113 Å². The van der Waals surface area contributed by atoms with Gasteiger partial charge in [0.25, 0.3) is 5.91 Å². The van der Waals surface area contributed by atoms with Gasteiger partial charge in [-0.1, -0.05) is 66.7 Å². The third-order valence-corrected chi connectivity index (χ3v) is 6.22. The fraction of sp³-hybridized carbons (Fsp3) is 0.138. The predicted molar refractivity (Wildman–Crippen MR) is 133 cm³/mol. The smallest absolute Gasteiger partial charge is 0.263 e. The van der Waals surface area contributed by atoms with Crippen LogP contribution in [0.25, 0.3) is 0 Å². The summed E-state index contributed by atoms with van der Waals surface area (Å²) < 4.78 is 16.4. The summed E-state index contributed by atoms with van der Waals surface area (Å²) in [7, 11) is 4.63. The van der Waals surface area contributed by atoms with Crippen molar-refractivity contribution in [3.8, 4) is 17.2 Å². The number of amides is 1. The quantitative estimate of drug-likeness (QED) is 0.363. The Morgan fingerprint density at radius 2 is 1.18 bits per heavy atom. The molecule has 0 bridgehead atoms. The summed E-state index contributed by atoms with van der Waals surface area (Å²) in [5, 5.41) is 0. The van der Waals surface area contributed by atoms with Crippen molar-refractivity contribution in [2.75, 3.05) is 26.2 Å². The summed E-state index contributed by atoms with van der Waals surface area (Å²) in [6.07, 6.45) is 0. The third kappa shape index (κ3) is 3.46. The van der Waals surface area contributed by atoms with Gasteiger partial charge in [-0.15, -0.1) is 0 Å². The molecule has 1 aliphatic heterocycles. The second kappa shape index (κ2) is 8.94. The van der Waals surface area contributed by atoms with Crippen molar-refractivity contribution in [2.24, 2.45) is 0 Å². The number of hydrogen-bond acceptors (Lipinski definition) is 4. The van der Waals surface area contributed by atoms with E-state index in [0.717, 1.165) is 22.5 Å². The van der Waals surface area contributed by atoms with Crippen molar-refractivity contribution in [1.82, 2.24) is 0 Å². The van der Waals surface area contributed by atoms with Gasteiger partial charge < -0.3 is 14.2 Å². The molecule has 0 saturated heterocycles. The number of ether oxygens (including phenoxy) is 3. The largest absolute Gasteiger partial charge is 0.493 e. The second-order valence-electron chi connectivity index (χ2n) is 8.02. The van der Waals surface area contributed by atoms with Crippen molar-refractivity contribution < 1.29 is 19.0 Å². The average molecular weight is 452 g/mol. The molecule has 0 unspecified atom stereocenters. The Balaban J connectivity index is 1.70. The van der Waals surface area contributed by atoms with Gasteiger partial charge in [0.1, 0.15) is 0 Å². The van der Waals surface area contributed by atoms with E-state index < -0.39 is 0 Å². The van der Waals surface area contributed by atoms with Crippen LogP contribution in [0.3, 0.4) is 0 Å². The maximum atomic E-state index is 14.1. The number of carbonyl (C=O) groups is 1. The van der Waals surface area contributed by atoms with E-state index in [2.05, 4.69) is 24.3 Å². The van der Waals surface area contributed by atoms with Crippen LogP contribution < -0.4 is 19.1 Å². The van der Waals surface area contributed by atoms with Crippen LogP contribution >= 0.6 is 0 Å². The summed E-state index contributed by atoms with van der Waals surface area (Å²) in [6.45, 7) is 0. The molecule has 34 heavy (non-hydrogen) atoms. The van der Waals surface area contributed by atoms with Gasteiger partial charge in [-0.25, -0.2) is 0 Å². The van der Waals surface area contributed by atoms with Gasteiger partial charge >= 0.3 is 0 Å². The monoisotopic (exact) mass is 451 g/mol. The van der Waals surface area contributed by atoms with Crippen molar-refractivity contribution in [2.45, 2.75) is 5.92 Å². The molecule has 1 heterocycles. The van der Waals surface area contributed by atoms with E-state index in [9.17, 15) is 4.79 Å². The third-order valence-electron chi connectivity index (χ3n) is 6.22. The first-order valence-corrected chi connectivity index (χ1v) is 11.0. The maximum Gasteiger partial charge on any atom is 0.263 e. The Labute approximate surface area is 199 Å². The molecule has 0 spiro atoms. The molecule has 0 atom stereocenters. The van der Waals surface area contributed by atoms with Gasteiger partial charge in [-0.3, -0.25) is 9.69 Å². The van der Waals surface area contributed by atoms with Gasteiger partial charge in [-0.2, -0.15) is 0 Å². The normalized spacial score (nSPS) is 12.5. The van der Waals surface area contributed by atoms with Crippen LogP contribution in [-0.4, -0.2) is 27.2 Å². The number of nitrogens with zero attached hydrogens (tertiary/aromatic N) is 1. The molecule has 5 rings (SSSR count). The highest BCUT2D eigenvalue weighted by Crippen LogP contribution is 2.49. The van der Waals surface area contributed by atoms with Gasteiger partial charge in [0.2, 0.25) is 5.75 Å². The second-order valence-corrected chi connectivity index (χ2v) is 8.02. The molecule has 5 nitrogen and oxygen atoms in total. The molecule has 5 heteroatoms. The first-order valence-electron chi connectivity index (χ1n) is 11.0. The molecule has 0 N–H and O–H groups in total. The minimum absolute atomic E-state index is 0.0255. The minimum Gasteiger partial charge on any atom is -0.493 e. The molecule has 0 saturated carbocycles. The Hall–Kier alpha value is -4.25. The first kappa shape index (κ1) is 21.6. The zero-order valence-electron chi connectivity index (χ0n) is 19.3. The molecule has 0 fully saturated rings. The number of carbonyl (C=O) groups excluding carboxylic acids is 1. The van der Waals surface area contributed by atoms with E-state index in [0.29, 0.717) is 22.8 Å². The van der Waals surface area contributed by atoms with Crippen LogP contribution in [0.4, 0.5) is 11.4 Å². The first-order chi connectivity index (χ1) is 16.7. The summed E-state index contributed by atoms with van der Waals surface area (Å²) >= 11 is 0. The fourth-order valence-corrected chi connectivity index (χ4v) is 4.72. The highest BCUT2D eigenvalue weighted by Gasteiger charge is 2.35. The zero-order chi connectivity index (χ0) is 23.7. The van der Waals surface area contributed by atoms with Crippen LogP contribution in [-0.2, 0) is 0 Å². The lowest BCUT2D eigenvalue weighted by atomic mass is 9.80. The van der Waals surface area contributed by atoms with Crippen LogP contribution in [0.2, 0.25) is 0 Å². The lowest BCUT2D eigenvalue weighted by Gasteiger charge is -2.36. The van der Waals surface area contributed by atoms with Crippen LogP contribution in [0, 0.1) is 0 Å². The number of para-hydroxylation sites is 2. The van der Waals surface area contributed by atoms with Crippen LogP contribution in [0.15, 0.2) is 91.0 Å². The van der Waals surface area contributed by atoms with Gasteiger partial charge in [0, 0.05) is 11.5 Å². The molecule has 170 valence electrons. The molecule has 0 aliphatic carbocycles. The Morgan fingerprint density at radius 1 is 0.676 bits per heavy atom. The van der Waals surface area contributed by atoms with E-state index in [4.69, 9.17) is 14.2 Å². The molecule has 0 aromatic heterocycles. The molecule has 1 amide bonds. The van der Waals surface area contributed by atoms with Gasteiger partial charge in [0.15, 0.2) is 11.5 Å². The number of hydrogen-bond donors (Lipinski definition) is 0. The van der Waals surface area contributed by atoms with E-state index in [1.54, 1.807) is 38.4 Å². The predicted octanol–water partition coefficient (Wildman–Crippen LogP) is 6.18. The molecule has 0 radical (unpaired) electrons. The van der Waals surface area contributed by atoms with E-state index >= 15 is 0 Å². The van der Waals surface area contributed by atoms with E-state index in [1.165, 1.54) is 5.56 Å². The molecular formula is C29H25NO4. The number of anilines is 2. The highest BCUT2D eigenvalue weighted by atomic mass is 16.5. The number of benzene rings is 4. The maximum absolute atomic E-state index is 14.1. The SMILES string of the molecule is COc1cc(C(=O)N2c3ccccc3C(c3ccccc3)c3ccccc32)cc(OC)c1OC. The standard InChI is InChI=1S/C29H25NO4/c1-32-25-17-20(18-26(33-2)28(25)34-3)29(31)30-23-15-9-7-13-21(23)27(19-11-5-4-6-12-19)22-14-8-10-16-24(22)30/h4-18,27H,1-3H3. The minimum atomic E-state index is -0.175. The van der Waals surface area contributed by atoms with Crippen molar-refractivity contribution in [1.29, 1.82) is 0 Å². The molecular weight excluding hydrogens is 426 g/mol. The van der Waals surface area contributed by atoms with Crippen LogP contribution in [0.5, 0.6) is 17.2 Å². The molecule has 4 aromatic rings. The Bertz CT molecular complexity index is 1280. The fourth-order valence-electron chi connectivity index (χ4n) is 4.72. The van der Waals surface area contributed by atoms with Gasteiger partial charge in [0.05, 0.1) is 32.7 Å². The summed E-state index contributed by atoms with van der Waals surface area (Å²) in [5.74, 6) is 1.17. The van der Waals surface area contributed by atoms with E-state index in [-0.39, 0.29) is 11.8 Å². The zero-order valence-corrected chi connectivity index (χ0v) is 19.3. The molecule has 1 aliphatic rings. The lowest BCUT2D eigenvalue weighted by Crippen LogP contribution is -2.32. The summed E-state index contributed by atoms with van der Waals surface area (Å²) in [4.78, 5) is 15.9. The Morgan fingerprint density at radius 3 is 1.68 bits per heavy atom. The topological polar surface area (TPSA) is 48.0 Å². The summed E-state index contributed by atoms with van der Waals surface area (Å²) in [6, 6.07) is 29.9. The lowest BCUT2D eigenvalue weighted by molar-refractivity contribution is 0.0997. The average Bonchev–Trinajstić information content (AvgIpc) is 2.90. The van der Waals surface area contributed by atoms with Crippen molar-refractivity contribution >= 4 is 17.3 Å². The number of methoxy groups -OCH3 is 3. The van der Waals surface area contributed by atoms with Crippen molar-refractivity contribution in [3.63, 3.8) is 0 Å². The van der Waals surface area contributed by atoms with Crippen LogP contribution in [0.1, 0.15) is 33.0 Å². The highest BCUT2D eigenvalue weighted by molar-refractivity contribution is 6.13. The molecule has 4 aromatic carbocycles. The van der Waals surface area contributed by atoms with Gasteiger partial charge in [-0.05, 0) is 41.0 Å².